The molecule has 0 saturated carbocycles. The lowest BCUT2D eigenvalue weighted by molar-refractivity contribution is 0.251. The Morgan fingerprint density at radius 2 is 2.09 bits per heavy atom. The highest BCUT2D eigenvalue weighted by Crippen LogP contribution is 2.36. The van der Waals surface area contributed by atoms with Crippen molar-refractivity contribution < 1.29 is 18.2 Å². The fourth-order valence-electron chi connectivity index (χ4n) is 3.19. The molecule has 0 aliphatic carbocycles. The first-order valence-corrected chi connectivity index (χ1v) is 10.7. The number of ether oxygens (including phenoxy) is 2. The van der Waals surface area contributed by atoms with Crippen molar-refractivity contribution in [2.24, 2.45) is 0 Å². The number of nitrogens with zero attached hydrogens (tertiary/aromatic N) is 3. The SMILES string of the molecule is C=C/C(OC)=C(\C(=C/C)OC)c1cn(SF)c2nc(NC(=O)NCCCN(C)C)ccc12. The van der Waals surface area contributed by atoms with Crippen LogP contribution in [-0.4, -0.2) is 61.3 Å². The largest absolute Gasteiger partial charge is 0.496 e. The summed E-state index contributed by atoms with van der Waals surface area (Å²) in [6.07, 6.45) is 5.78. The third kappa shape index (κ3) is 6.04. The molecule has 0 spiro atoms. The van der Waals surface area contributed by atoms with E-state index in [9.17, 15) is 8.68 Å². The molecule has 0 unspecified atom stereocenters. The van der Waals surface area contributed by atoms with Crippen LogP contribution in [0.5, 0.6) is 0 Å². The second kappa shape index (κ2) is 12.2. The Hall–Kier alpha value is -2.98. The summed E-state index contributed by atoms with van der Waals surface area (Å²) in [7, 11) is 7.03. The average molecular weight is 464 g/mol. The second-order valence-corrected chi connectivity index (χ2v) is 7.58. The zero-order valence-electron chi connectivity index (χ0n) is 19.1. The van der Waals surface area contributed by atoms with Gasteiger partial charge in [-0.05, 0) is 58.3 Å². The predicted octanol–water partition coefficient (Wildman–Crippen LogP) is 4.58. The molecule has 0 radical (unpaired) electrons. The summed E-state index contributed by atoms with van der Waals surface area (Å²) in [5.74, 6) is 1.33. The van der Waals surface area contributed by atoms with Crippen LogP contribution in [0, 0.1) is 0 Å². The summed E-state index contributed by atoms with van der Waals surface area (Å²) in [5, 5.41) is 6.14. The Labute approximate surface area is 192 Å². The maximum atomic E-state index is 13.7. The van der Waals surface area contributed by atoms with Crippen LogP contribution in [0.25, 0.3) is 16.6 Å². The normalized spacial score (nSPS) is 12.5. The Morgan fingerprint density at radius 3 is 2.66 bits per heavy atom. The van der Waals surface area contributed by atoms with Crippen molar-refractivity contribution in [3.05, 3.63) is 54.1 Å². The van der Waals surface area contributed by atoms with Gasteiger partial charge in [0.1, 0.15) is 17.3 Å². The van der Waals surface area contributed by atoms with Crippen molar-refractivity contribution in [2.75, 3.05) is 46.7 Å². The van der Waals surface area contributed by atoms with Gasteiger partial charge in [0, 0.05) is 23.7 Å². The molecular weight excluding hydrogens is 433 g/mol. The number of fused-ring (bicyclic) bond motifs is 1. The van der Waals surface area contributed by atoms with Crippen molar-refractivity contribution in [3.8, 4) is 0 Å². The van der Waals surface area contributed by atoms with Gasteiger partial charge in [-0.25, -0.2) is 13.8 Å². The first kappa shape index (κ1) is 25.3. The van der Waals surface area contributed by atoms with Crippen LogP contribution >= 0.6 is 12.3 Å². The first-order chi connectivity index (χ1) is 15.4. The maximum Gasteiger partial charge on any atom is 0.320 e. The fourth-order valence-corrected chi connectivity index (χ4v) is 3.54. The summed E-state index contributed by atoms with van der Waals surface area (Å²) in [6, 6.07) is 3.07. The summed E-state index contributed by atoms with van der Waals surface area (Å²) in [4.78, 5) is 18.7. The zero-order valence-corrected chi connectivity index (χ0v) is 19.9. The molecule has 0 aliphatic rings. The minimum atomic E-state index is -0.369. The van der Waals surface area contributed by atoms with Crippen molar-refractivity contribution in [1.82, 2.24) is 19.2 Å². The first-order valence-electron chi connectivity index (χ1n) is 10.0. The monoisotopic (exact) mass is 463 g/mol. The van der Waals surface area contributed by atoms with E-state index in [0.717, 1.165) is 13.0 Å². The molecule has 2 heterocycles. The maximum absolute atomic E-state index is 13.7. The summed E-state index contributed by atoms with van der Waals surface area (Å²) < 4.78 is 26.0. The van der Waals surface area contributed by atoms with Gasteiger partial charge in [-0.15, -0.1) is 3.89 Å². The molecule has 2 amide bonds. The summed E-state index contributed by atoms with van der Waals surface area (Å²) in [6.45, 7) is 7.03. The van der Waals surface area contributed by atoms with E-state index < -0.39 is 0 Å². The van der Waals surface area contributed by atoms with E-state index in [4.69, 9.17) is 9.47 Å². The second-order valence-electron chi connectivity index (χ2n) is 7.05. The molecular formula is C22H30FN5O3S. The molecule has 2 N–H and O–H groups in total. The third-order valence-corrected chi connectivity index (χ3v) is 5.08. The molecule has 2 aromatic rings. The van der Waals surface area contributed by atoms with Crippen LogP contribution in [0.15, 0.2) is 48.6 Å². The average Bonchev–Trinajstić information content (AvgIpc) is 3.14. The van der Waals surface area contributed by atoms with Crippen molar-refractivity contribution >= 4 is 40.8 Å². The predicted molar refractivity (Wildman–Crippen MR) is 129 cm³/mol. The van der Waals surface area contributed by atoms with Gasteiger partial charge in [-0.1, -0.05) is 6.58 Å². The molecule has 2 aromatic heterocycles. The van der Waals surface area contributed by atoms with E-state index in [2.05, 4.69) is 22.2 Å². The van der Waals surface area contributed by atoms with E-state index in [0.29, 0.717) is 46.1 Å². The van der Waals surface area contributed by atoms with E-state index in [1.807, 2.05) is 25.9 Å². The number of amides is 2. The number of nitrogens with one attached hydrogen (secondary N) is 2. The molecule has 10 heteroatoms. The van der Waals surface area contributed by atoms with Crippen LogP contribution < -0.4 is 10.6 Å². The summed E-state index contributed by atoms with van der Waals surface area (Å²) in [5.41, 5.74) is 1.62. The van der Waals surface area contributed by atoms with Crippen LogP contribution in [0.4, 0.5) is 14.5 Å². The van der Waals surface area contributed by atoms with Crippen LogP contribution in [0.2, 0.25) is 0 Å². The highest BCUT2D eigenvalue weighted by atomic mass is 32.2. The van der Waals surface area contributed by atoms with Crippen molar-refractivity contribution in [2.45, 2.75) is 13.3 Å². The van der Waals surface area contributed by atoms with Crippen LogP contribution in [-0.2, 0) is 9.47 Å². The topological polar surface area (TPSA) is 80.6 Å². The number of carbonyl (C=O) groups is 1. The highest BCUT2D eigenvalue weighted by Gasteiger charge is 2.21. The Kier molecular flexibility index (Phi) is 9.61. The van der Waals surface area contributed by atoms with E-state index in [1.54, 1.807) is 37.6 Å². The number of pyridine rings is 1. The minimum Gasteiger partial charge on any atom is -0.496 e. The summed E-state index contributed by atoms with van der Waals surface area (Å²) >= 11 is 0.00915. The van der Waals surface area contributed by atoms with E-state index >= 15 is 0 Å². The lowest BCUT2D eigenvalue weighted by atomic mass is 10.0. The minimum absolute atomic E-state index is 0.00915. The quantitative estimate of drug-likeness (QED) is 0.288. The molecule has 0 aliphatic heterocycles. The molecule has 32 heavy (non-hydrogen) atoms. The Bertz CT molecular complexity index is 1020. The van der Waals surface area contributed by atoms with Crippen LogP contribution in [0.3, 0.4) is 0 Å². The van der Waals surface area contributed by atoms with Gasteiger partial charge in [0.05, 0.1) is 19.8 Å². The van der Waals surface area contributed by atoms with E-state index in [1.165, 1.54) is 11.1 Å². The molecule has 174 valence electrons. The van der Waals surface area contributed by atoms with Gasteiger partial charge in [-0.3, -0.25) is 5.32 Å². The van der Waals surface area contributed by atoms with Crippen LogP contribution in [0.1, 0.15) is 18.9 Å². The standard InChI is InChI=1S/C22H30FN5O3S/c1-7-17(30-5)20(18(8-2)31-6)16-14-28(32-23)21-15(16)10-11-19(25-21)26-22(29)24-12-9-13-27(3)4/h7-8,10-11,14H,1,9,12-13H2,2-6H3,(H2,24,25,26,29)/b18-8+,20-17+. The number of aromatic nitrogens is 2. The highest BCUT2D eigenvalue weighted by molar-refractivity contribution is 7.92. The van der Waals surface area contributed by atoms with E-state index in [-0.39, 0.29) is 18.4 Å². The molecule has 0 fully saturated rings. The number of anilines is 1. The number of halogens is 1. The van der Waals surface area contributed by atoms with Gasteiger partial charge >= 0.3 is 6.03 Å². The van der Waals surface area contributed by atoms with Gasteiger partial charge in [0.15, 0.2) is 18.0 Å². The zero-order chi connectivity index (χ0) is 23.7. The number of hydrogen-bond acceptors (Lipinski definition) is 6. The Morgan fingerprint density at radius 1 is 1.34 bits per heavy atom. The number of allylic oxidation sites excluding steroid dienone is 3. The lowest BCUT2D eigenvalue weighted by Gasteiger charge is -2.14. The van der Waals surface area contributed by atoms with Crippen molar-refractivity contribution in [1.29, 1.82) is 0 Å². The van der Waals surface area contributed by atoms with Crippen molar-refractivity contribution in [3.63, 3.8) is 0 Å². The molecule has 0 aromatic carbocycles. The third-order valence-electron chi connectivity index (χ3n) is 4.65. The molecule has 2 rings (SSSR count). The number of rotatable bonds is 11. The van der Waals surface area contributed by atoms with Gasteiger partial charge in [0.2, 0.25) is 0 Å². The lowest BCUT2D eigenvalue weighted by Crippen LogP contribution is -2.31. The number of urea groups is 1. The molecule has 8 nitrogen and oxygen atoms in total. The molecule has 0 atom stereocenters. The number of hydrogen-bond donors (Lipinski definition) is 2. The van der Waals surface area contributed by atoms with Gasteiger partial charge in [0.25, 0.3) is 0 Å². The Balaban J connectivity index is 2.40. The fraction of sp³-hybridized carbons (Fsp3) is 0.364. The molecule has 0 saturated heterocycles. The number of carbonyl (C=O) groups excluding carboxylic acids is 1. The molecule has 0 bridgehead atoms. The number of methoxy groups -OCH3 is 2. The smallest absolute Gasteiger partial charge is 0.320 e. The van der Waals surface area contributed by atoms with Gasteiger partial charge in [-0.2, -0.15) is 0 Å². The van der Waals surface area contributed by atoms with Gasteiger partial charge < -0.3 is 19.7 Å².